The molecule has 0 spiro atoms. The van der Waals surface area contributed by atoms with Crippen molar-refractivity contribution < 1.29 is 9.53 Å². The summed E-state index contributed by atoms with van der Waals surface area (Å²) in [5, 5.41) is 3.34. The third-order valence-electron chi connectivity index (χ3n) is 2.50. The monoisotopic (exact) mass is 171 g/mol. The number of hydrogen-bond donors (Lipinski definition) is 1. The van der Waals surface area contributed by atoms with E-state index in [1.807, 2.05) is 6.92 Å². The minimum absolute atomic E-state index is 0.00870. The van der Waals surface area contributed by atoms with Gasteiger partial charge in [-0.15, -0.1) is 0 Å². The van der Waals surface area contributed by atoms with Gasteiger partial charge in [0.1, 0.15) is 6.29 Å². The molecule has 3 heteroatoms. The Bertz CT molecular complexity index is 143. The second kappa shape index (κ2) is 4.58. The van der Waals surface area contributed by atoms with E-state index in [1.54, 1.807) is 7.11 Å². The summed E-state index contributed by atoms with van der Waals surface area (Å²) in [7, 11) is 1.67. The summed E-state index contributed by atoms with van der Waals surface area (Å²) in [4.78, 5) is 10.6. The SMILES string of the molecule is CO[C@@H]([C@H](C)C=O)[C@H]1CCCN1. The molecule has 0 amide bonds. The molecule has 1 aliphatic heterocycles. The van der Waals surface area contributed by atoms with E-state index in [-0.39, 0.29) is 12.0 Å². The van der Waals surface area contributed by atoms with E-state index >= 15 is 0 Å². The fraction of sp³-hybridized carbons (Fsp3) is 0.889. The van der Waals surface area contributed by atoms with Gasteiger partial charge in [0.2, 0.25) is 0 Å². The molecule has 1 N–H and O–H groups in total. The van der Waals surface area contributed by atoms with Crippen molar-refractivity contribution in [1.29, 1.82) is 0 Å². The largest absolute Gasteiger partial charge is 0.379 e. The predicted molar refractivity (Wildman–Crippen MR) is 47.0 cm³/mol. The van der Waals surface area contributed by atoms with E-state index < -0.39 is 0 Å². The Morgan fingerprint density at radius 1 is 1.67 bits per heavy atom. The van der Waals surface area contributed by atoms with E-state index in [0.29, 0.717) is 6.04 Å². The lowest BCUT2D eigenvalue weighted by atomic mass is 9.98. The van der Waals surface area contributed by atoms with Crippen LogP contribution in [-0.4, -0.2) is 32.1 Å². The molecular weight excluding hydrogens is 154 g/mol. The number of hydrogen-bond acceptors (Lipinski definition) is 3. The first-order valence-electron chi connectivity index (χ1n) is 4.51. The zero-order chi connectivity index (χ0) is 8.97. The fourth-order valence-corrected chi connectivity index (χ4v) is 1.81. The van der Waals surface area contributed by atoms with Gasteiger partial charge in [-0.1, -0.05) is 6.92 Å². The van der Waals surface area contributed by atoms with Crippen molar-refractivity contribution in [3.8, 4) is 0 Å². The van der Waals surface area contributed by atoms with Gasteiger partial charge in [-0.25, -0.2) is 0 Å². The van der Waals surface area contributed by atoms with Gasteiger partial charge in [0.25, 0.3) is 0 Å². The molecule has 3 atom stereocenters. The Labute approximate surface area is 73.5 Å². The van der Waals surface area contributed by atoms with Gasteiger partial charge in [0.05, 0.1) is 6.10 Å². The predicted octanol–water partition coefficient (Wildman–Crippen LogP) is 0.588. The summed E-state index contributed by atoms with van der Waals surface area (Å²) >= 11 is 0. The van der Waals surface area contributed by atoms with Crippen LogP contribution in [0, 0.1) is 5.92 Å². The maximum atomic E-state index is 10.6. The molecule has 1 fully saturated rings. The second-order valence-corrected chi connectivity index (χ2v) is 3.40. The van der Waals surface area contributed by atoms with Gasteiger partial charge in [-0.2, -0.15) is 0 Å². The molecule has 1 aliphatic rings. The highest BCUT2D eigenvalue weighted by Crippen LogP contribution is 2.16. The highest BCUT2D eigenvalue weighted by Gasteiger charge is 2.28. The van der Waals surface area contributed by atoms with Crippen LogP contribution in [0.15, 0.2) is 0 Å². The third kappa shape index (κ3) is 2.05. The molecule has 0 radical (unpaired) electrons. The van der Waals surface area contributed by atoms with Gasteiger partial charge < -0.3 is 14.8 Å². The molecule has 1 saturated heterocycles. The molecule has 0 aliphatic carbocycles. The highest BCUT2D eigenvalue weighted by atomic mass is 16.5. The van der Waals surface area contributed by atoms with Crippen molar-refractivity contribution in [3.63, 3.8) is 0 Å². The molecule has 0 aromatic carbocycles. The van der Waals surface area contributed by atoms with Crippen LogP contribution >= 0.6 is 0 Å². The molecule has 0 unspecified atom stereocenters. The first kappa shape index (κ1) is 9.68. The number of methoxy groups -OCH3 is 1. The smallest absolute Gasteiger partial charge is 0.125 e. The van der Waals surface area contributed by atoms with E-state index in [0.717, 1.165) is 19.3 Å². The van der Waals surface area contributed by atoms with Crippen molar-refractivity contribution >= 4 is 6.29 Å². The summed E-state index contributed by atoms with van der Waals surface area (Å²) in [5.41, 5.74) is 0. The van der Waals surface area contributed by atoms with Crippen LogP contribution in [0.3, 0.4) is 0 Å². The third-order valence-corrected chi connectivity index (χ3v) is 2.50. The molecule has 70 valence electrons. The Hall–Kier alpha value is -0.410. The van der Waals surface area contributed by atoms with Crippen LogP contribution in [0.2, 0.25) is 0 Å². The molecule has 0 saturated carbocycles. The second-order valence-electron chi connectivity index (χ2n) is 3.40. The summed E-state index contributed by atoms with van der Waals surface area (Å²) in [6.45, 7) is 2.96. The average Bonchev–Trinajstić information content (AvgIpc) is 2.58. The van der Waals surface area contributed by atoms with Crippen molar-refractivity contribution in [3.05, 3.63) is 0 Å². The molecule has 0 bridgehead atoms. The van der Waals surface area contributed by atoms with Gasteiger partial charge >= 0.3 is 0 Å². The molecule has 1 heterocycles. The molecule has 0 aromatic rings. The van der Waals surface area contributed by atoms with Crippen molar-refractivity contribution in [1.82, 2.24) is 5.32 Å². The Kier molecular flexibility index (Phi) is 3.69. The molecule has 12 heavy (non-hydrogen) atoms. The topological polar surface area (TPSA) is 38.3 Å². The Balaban J connectivity index is 2.47. The van der Waals surface area contributed by atoms with Crippen molar-refractivity contribution in [2.45, 2.75) is 31.9 Å². The van der Waals surface area contributed by atoms with Gasteiger partial charge in [-0.3, -0.25) is 0 Å². The average molecular weight is 171 g/mol. The van der Waals surface area contributed by atoms with Crippen molar-refractivity contribution in [2.24, 2.45) is 5.92 Å². The minimum atomic E-state index is -0.00870. The lowest BCUT2D eigenvalue weighted by Crippen LogP contribution is -2.40. The minimum Gasteiger partial charge on any atom is -0.379 e. The zero-order valence-corrected chi connectivity index (χ0v) is 7.75. The number of carbonyl (C=O) groups is 1. The number of aldehydes is 1. The van der Waals surface area contributed by atoms with Gasteiger partial charge in [0.15, 0.2) is 0 Å². The lowest BCUT2D eigenvalue weighted by Gasteiger charge is -2.24. The lowest BCUT2D eigenvalue weighted by molar-refractivity contribution is -0.115. The summed E-state index contributed by atoms with van der Waals surface area (Å²) in [5.74, 6) is -0.00870. The van der Waals surface area contributed by atoms with E-state index in [1.165, 1.54) is 6.42 Å². The molecule has 0 aromatic heterocycles. The fourth-order valence-electron chi connectivity index (χ4n) is 1.81. The normalized spacial score (nSPS) is 28.3. The van der Waals surface area contributed by atoms with Crippen LogP contribution < -0.4 is 5.32 Å². The standard InChI is InChI=1S/C9H17NO2/c1-7(6-11)9(12-2)8-4-3-5-10-8/h6-10H,3-5H2,1-2H3/t7-,8-,9+/m1/s1. The maximum absolute atomic E-state index is 10.6. The van der Waals surface area contributed by atoms with Crippen LogP contribution in [0.5, 0.6) is 0 Å². The van der Waals surface area contributed by atoms with Crippen LogP contribution in [0.4, 0.5) is 0 Å². The Morgan fingerprint density at radius 2 is 2.42 bits per heavy atom. The summed E-state index contributed by atoms with van der Waals surface area (Å²) < 4.78 is 5.29. The molecular formula is C9H17NO2. The maximum Gasteiger partial charge on any atom is 0.125 e. The number of nitrogens with one attached hydrogen (secondary N) is 1. The quantitative estimate of drug-likeness (QED) is 0.629. The van der Waals surface area contributed by atoms with Crippen LogP contribution in [0.25, 0.3) is 0 Å². The number of ether oxygens (including phenoxy) is 1. The Morgan fingerprint density at radius 3 is 2.83 bits per heavy atom. The van der Waals surface area contributed by atoms with Crippen LogP contribution in [0.1, 0.15) is 19.8 Å². The van der Waals surface area contributed by atoms with Gasteiger partial charge in [0, 0.05) is 19.1 Å². The molecule has 1 rings (SSSR count). The van der Waals surface area contributed by atoms with Gasteiger partial charge in [-0.05, 0) is 19.4 Å². The summed E-state index contributed by atoms with van der Waals surface area (Å²) in [6, 6.07) is 0.371. The first-order chi connectivity index (χ1) is 5.79. The number of carbonyl (C=O) groups excluding carboxylic acids is 1. The summed E-state index contributed by atoms with van der Waals surface area (Å²) in [6.07, 6.45) is 3.33. The number of rotatable bonds is 4. The highest BCUT2D eigenvalue weighted by molar-refractivity contribution is 5.54. The van der Waals surface area contributed by atoms with Crippen molar-refractivity contribution in [2.75, 3.05) is 13.7 Å². The van der Waals surface area contributed by atoms with E-state index in [2.05, 4.69) is 5.32 Å². The first-order valence-corrected chi connectivity index (χ1v) is 4.51. The van der Waals surface area contributed by atoms with E-state index in [4.69, 9.17) is 4.74 Å². The van der Waals surface area contributed by atoms with E-state index in [9.17, 15) is 4.79 Å². The molecule has 3 nitrogen and oxygen atoms in total. The zero-order valence-electron chi connectivity index (χ0n) is 7.75. The van der Waals surface area contributed by atoms with Crippen LogP contribution in [-0.2, 0) is 9.53 Å².